The Labute approximate surface area is 123 Å². The number of carbonyl (C=O) groups is 1. The zero-order chi connectivity index (χ0) is 14.7. The van der Waals surface area contributed by atoms with Crippen LogP contribution in [0.15, 0.2) is 56.5 Å². The van der Waals surface area contributed by atoms with E-state index >= 15 is 0 Å². The van der Waals surface area contributed by atoms with Crippen molar-refractivity contribution < 1.29 is 18.8 Å². The molecule has 0 aliphatic rings. The predicted octanol–water partition coefficient (Wildman–Crippen LogP) is 3.32. The van der Waals surface area contributed by atoms with Crippen LogP contribution in [0, 0.1) is 0 Å². The number of aromatic carboxylic acids is 1. The second-order valence-electron chi connectivity index (χ2n) is 4.09. The van der Waals surface area contributed by atoms with Crippen molar-refractivity contribution in [2.45, 2.75) is 10.8 Å². The molecule has 6 nitrogen and oxygen atoms in total. The lowest BCUT2D eigenvalue weighted by atomic mass is 10.2. The Morgan fingerprint density at radius 2 is 2.00 bits per heavy atom. The van der Waals surface area contributed by atoms with Crippen molar-refractivity contribution in [2.75, 3.05) is 0 Å². The first-order valence-corrected chi connectivity index (χ1v) is 7.05. The number of carboxylic acids is 1. The lowest BCUT2D eigenvalue weighted by Gasteiger charge is -1.92. The smallest absolute Gasteiger partial charge is 0.371 e. The molecular weight excluding hydrogens is 292 g/mol. The Morgan fingerprint density at radius 3 is 2.71 bits per heavy atom. The van der Waals surface area contributed by atoms with Gasteiger partial charge in [0.15, 0.2) is 5.09 Å². The molecule has 0 atom stereocenters. The quantitative estimate of drug-likeness (QED) is 0.723. The van der Waals surface area contributed by atoms with Crippen molar-refractivity contribution in [3.05, 3.63) is 54.1 Å². The zero-order valence-electron chi connectivity index (χ0n) is 10.7. The van der Waals surface area contributed by atoms with Gasteiger partial charge in [0, 0.05) is 5.56 Å². The molecule has 2 heterocycles. The molecule has 0 saturated carbocycles. The molecule has 0 bridgehead atoms. The molecule has 1 aromatic carbocycles. The maximum Gasteiger partial charge on any atom is 0.371 e. The predicted molar refractivity (Wildman–Crippen MR) is 75.0 cm³/mol. The third-order valence-corrected chi connectivity index (χ3v) is 3.53. The Hall–Kier alpha value is -2.54. The average Bonchev–Trinajstić information content (AvgIpc) is 3.15. The van der Waals surface area contributed by atoms with Crippen LogP contribution in [-0.2, 0) is 5.75 Å². The summed E-state index contributed by atoms with van der Waals surface area (Å²) >= 11 is 1.29. The molecule has 3 aromatic rings. The minimum atomic E-state index is -1.09. The van der Waals surface area contributed by atoms with Gasteiger partial charge in [0.2, 0.25) is 17.5 Å². The number of hydrogen-bond acceptors (Lipinski definition) is 6. The van der Waals surface area contributed by atoms with E-state index < -0.39 is 5.97 Å². The van der Waals surface area contributed by atoms with Crippen molar-refractivity contribution in [3.8, 4) is 11.4 Å². The first-order valence-electron chi connectivity index (χ1n) is 6.06. The molecular formula is C14H10N2O4S. The summed E-state index contributed by atoms with van der Waals surface area (Å²) in [5.41, 5.74) is 0.878. The van der Waals surface area contributed by atoms with Crippen LogP contribution in [-0.4, -0.2) is 21.2 Å². The summed E-state index contributed by atoms with van der Waals surface area (Å²) in [6.45, 7) is 0. The monoisotopic (exact) mass is 302 g/mol. The van der Waals surface area contributed by atoms with Crippen molar-refractivity contribution in [1.82, 2.24) is 10.1 Å². The van der Waals surface area contributed by atoms with Gasteiger partial charge in [-0.05, 0) is 12.1 Å². The van der Waals surface area contributed by atoms with E-state index in [0.29, 0.717) is 22.6 Å². The van der Waals surface area contributed by atoms with Crippen LogP contribution in [0.2, 0.25) is 0 Å². The number of thioether (sulfide) groups is 1. The summed E-state index contributed by atoms with van der Waals surface area (Å²) < 4.78 is 10.3. The summed E-state index contributed by atoms with van der Waals surface area (Å²) in [6, 6.07) is 12.5. The molecule has 0 amide bonds. The molecule has 7 heteroatoms. The molecule has 2 aromatic heterocycles. The SMILES string of the molecule is O=C(O)c1ccc(SCc2nc(-c3ccccc3)no2)o1. The molecule has 0 aliphatic carbocycles. The van der Waals surface area contributed by atoms with E-state index in [1.807, 2.05) is 30.3 Å². The van der Waals surface area contributed by atoms with Crippen LogP contribution in [0.3, 0.4) is 0 Å². The topological polar surface area (TPSA) is 89.4 Å². The lowest BCUT2D eigenvalue weighted by molar-refractivity contribution is 0.0656. The Kier molecular flexibility index (Phi) is 3.74. The van der Waals surface area contributed by atoms with Gasteiger partial charge in [-0.15, -0.1) is 0 Å². The highest BCUT2D eigenvalue weighted by Gasteiger charge is 2.12. The fraction of sp³-hybridized carbons (Fsp3) is 0.0714. The average molecular weight is 302 g/mol. The molecule has 0 fully saturated rings. The molecule has 0 spiro atoms. The highest BCUT2D eigenvalue weighted by atomic mass is 32.2. The minimum absolute atomic E-state index is 0.0898. The van der Waals surface area contributed by atoms with E-state index in [9.17, 15) is 4.79 Å². The summed E-state index contributed by atoms with van der Waals surface area (Å²) in [5, 5.41) is 13.2. The van der Waals surface area contributed by atoms with Gasteiger partial charge < -0.3 is 14.0 Å². The van der Waals surface area contributed by atoms with E-state index in [0.717, 1.165) is 5.56 Å². The fourth-order valence-electron chi connectivity index (χ4n) is 1.66. The Balaban J connectivity index is 1.66. The van der Waals surface area contributed by atoms with Gasteiger partial charge in [0.05, 0.1) is 5.75 Å². The van der Waals surface area contributed by atoms with E-state index in [-0.39, 0.29) is 5.76 Å². The molecule has 0 radical (unpaired) electrons. The van der Waals surface area contributed by atoms with Crippen LogP contribution < -0.4 is 0 Å². The third-order valence-electron chi connectivity index (χ3n) is 2.63. The number of nitrogens with zero attached hydrogens (tertiary/aromatic N) is 2. The Morgan fingerprint density at radius 1 is 1.19 bits per heavy atom. The largest absolute Gasteiger partial charge is 0.475 e. The summed E-state index contributed by atoms with van der Waals surface area (Å²) in [5.74, 6) is 0.204. The highest BCUT2D eigenvalue weighted by Crippen LogP contribution is 2.25. The molecule has 0 saturated heterocycles. The number of furan rings is 1. The van der Waals surface area contributed by atoms with Gasteiger partial charge in [0.1, 0.15) is 0 Å². The van der Waals surface area contributed by atoms with Crippen LogP contribution in [0.1, 0.15) is 16.4 Å². The van der Waals surface area contributed by atoms with E-state index in [1.54, 1.807) is 6.07 Å². The zero-order valence-corrected chi connectivity index (χ0v) is 11.5. The van der Waals surface area contributed by atoms with Crippen LogP contribution in [0.5, 0.6) is 0 Å². The second-order valence-corrected chi connectivity index (χ2v) is 5.07. The molecule has 3 rings (SSSR count). The number of aromatic nitrogens is 2. The van der Waals surface area contributed by atoms with Gasteiger partial charge in [-0.2, -0.15) is 4.98 Å². The molecule has 21 heavy (non-hydrogen) atoms. The van der Waals surface area contributed by atoms with E-state index in [4.69, 9.17) is 14.0 Å². The molecule has 0 unspecified atom stereocenters. The summed E-state index contributed by atoms with van der Waals surface area (Å²) in [6.07, 6.45) is 0. The van der Waals surface area contributed by atoms with Crippen molar-refractivity contribution in [1.29, 1.82) is 0 Å². The number of hydrogen-bond donors (Lipinski definition) is 1. The van der Waals surface area contributed by atoms with Gasteiger partial charge >= 0.3 is 5.97 Å². The van der Waals surface area contributed by atoms with Crippen LogP contribution in [0.4, 0.5) is 0 Å². The molecule has 106 valence electrons. The summed E-state index contributed by atoms with van der Waals surface area (Å²) in [4.78, 5) is 15.0. The highest BCUT2D eigenvalue weighted by molar-refractivity contribution is 7.98. The lowest BCUT2D eigenvalue weighted by Crippen LogP contribution is -1.91. The van der Waals surface area contributed by atoms with Gasteiger partial charge in [-0.25, -0.2) is 4.79 Å². The number of carboxylic acid groups (broad SMARTS) is 1. The minimum Gasteiger partial charge on any atom is -0.475 e. The van der Waals surface area contributed by atoms with E-state index in [2.05, 4.69) is 10.1 Å². The maximum atomic E-state index is 10.7. The van der Waals surface area contributed by atoms with Gasteiger partial charge in [-0.3, -0.25) is 0 Å². The second kappa shape index (κ2) is 5.84. The van der Waals surface area contributed by atoms with Crippen molar-refractivity contribution in [3.63, 3.8) is 0 Å². The first-order chi connectivity index (χ1) is 10.2. The number of rotatable bonds is 5. The van der Waals surface area contributed by atoms with Crippen LogP contribution in [0.25, 0.3) is 11.4 Å². The normalized spacial score (nSPS) is 10.7. The van der Waals surface area contributed by atoms with Crippen molar-refractivity contribution >= 4 is 17.7 Å². The fourth-order valence-corrected chi connectivity index (χ4v) is 2.36. The summed E-state index contributed by atoms with van der Waals surface area (Å²) in [7, 11) is 0. The first kappa shape index (κ1) is 13.4. The van der Waals surface area contributed by atoms with Crippen LogP contribution >= 0.6 is 11.8 Å². The third kappa shape index (κ3) is 3.14. The standard InChI is InChI=1S/C14H10N2O4S/c17-14(18)10-6-7-12(19-10)21-8-11-15-13(16-20-11)9-4-2-1-3-5-9/h1-7H,8H2,(H,17,18). The van der Waals surface area contributed by atoms with Gasteiger partial charge in [-0.1, -0.05) is 47.3 Å². The van der Waals surface area contributed by atoms with E-state index in [1.165, 1.54) is 17.8 Å². The maximum absolute atomic E-state index is 10.7. The number of benzene rings is 1. The molecule has 0 aliphatic heterocycles. The Bertz CT molecular complexity index is 751. The van der Waals surface area contributed by atoms with Crippen molar-refractivity contribution in [2.24, 2.45) is 0 Å². The molecule has 1 N–H and O–H groups in total. The van der Waals surface area contributed by atoms with Gasteiger partial charge in [0.25, 0.3) is 0 Å².